The maximum Gasteiger partial charge on any atom is 0.307 e. The summed E-state index contributed by atoms with van der Waals surface area (Å²) in [5.41, 5.74) is 3.14. The zero-order valence-corrected chi connectivity index (χ0v) is 24.8. The average molecular weight is 620 g/mol. The standard InChI is InChI=1S/C31H27Cl2N5O5/c1-37-30(40)20(11-12-34-37)28(39)35-24-8-4-6-18(27(24)33)17-5-3-7-19(26(17)32)23-10-9-16(29(36-23)43-2)13-38-14-21-22(15-38)25(21)31(41)42/h3-12,21-22,25H,13-15H2,1-2H3,(H,35,39)(H,41,42)/t21-,22+,25?. The number of amides is 1. The maximum atomic E-state index is 12.9. The first-order chi connectivity index (χ1) is 20.7. The summed E-state index contributed by atoms with van der Waals surface area (Å²) in [4.78, 5) is 43.5. The summed E-state index contributed by atoms with van der Waals surface area (Å²) in [6.45, 7) is 2.11. The van der Waals surface area contributed by atoms with Gasteiger partial charge in [-0.2, -0.15) is 5.10 Å². The number of carboxylic acid groups (broad SMARTS) is 1. The molecule has 1 saturated heterocycles. The number of benzene rings is 2. The monoisotopic (exact) mass is 619 g/mol. The van der Waals surface area contributed by atoms with Crippen LogP contribution in [0.4, 0.5) is 5.69 Å². The second kappa shape index (κ2) is 11.4. The van der Waals surface area contributed by atoms with Crippen molar-refractivity contribution in [2.45, 2.75) is 6.54 Å². The van der Waals surface area contributed by atoms with Gasteiger partial charge in [-0.05, 0) is 30.0 Å². The Bertz CT molecular complexity index is 1810. The number of ether oxygens (including phenoxy) is 1. The number of halogens is 2. The van der Waals surface area contributed by atoms with E-state index < -0.39 is 17.4 Å². The molecule has 1 aliphatic heterocycles. The SMILES string of the molecule is COc1nc(-c2cccc(-c3cccc(NC(=O)c4ccnn(C)c4=O)c3Cl)c2Cl)ccc1CN1C[C@@H]2C(C(=O)O)[C@@H]2C1. The van der Waals surface area contributed by atoms with Crippen LogP contribution in [0.1, 0.15) is 15.9 Å². The van der Waals surface area contributed by atoms with E-state index in [1.54, 1.807) is 25.3 Å². The van der Waals surface area contributed by atoms with Gasteiger partial charge < -0.3 is 15.2 Å². The Morgan fingerprint density at radius 2 is 1.67 bits per heavy atom. The van der Waals surface area contributed by atoms with Crippen LogP contribution >= 0.6 is 23.2 Å². The molecule has 1 saturated carbocycles. The van der Waals surface area contributed by atoms with E-state index in [1.807, 2.05) is 30.3 Å². The summed E-state index contributed by atoms with van der Waals surface area (Å²) >= 11 is 13.7. The lowest BCUT2D eigenvalue weighted by atomic mass is 10.00. The molecule has 2 aromatic heterocycles. The van der Waals surface area contributed by atoms with Crippen molar-refractivity contribution in [3.05, 3.63) is 92.3 Å². The molecule has 3 atom stereocenters. The van der Waals surface area contributed by atoms with Crippen molar-refractivity contribution in [2.24, 2.45) is 24.8 Å². The molecule has 2 aliphatic rings. The minimum absolute atomic E-state index is 0.0616. The van der Waals surface area contributed by atoms with Crippen LogP contribution in [-0.2, 0) is 18.4 Å². The van der Waals surface area contributed by atoms with Crippen molar-refractivity contribution < 1.29 is 19.4 Å². The predicted molar refractivity (Wildman–Crippen MR) is 162 cm³/mol. The maximum absolute atomic E-state index is 12.9. The summed E-state index contributed by atoms with van der Waals surface area (Å²) in [5, 5.41) is 16.5. The molecule has 220 valence electrons. The number of pyridine rings is 1. The lowest BCUT2D eigenvalue weighted by Crippen LogP contribution is -2.28. The van der Waals surface area contributed by atoms with Crippen molar-refractivity contribution in [1.82, 2.24) is 19.7 Å². The molecule has 4 aromatic rings. The van der Waals surface area contributed by atoms with Gasteiger partial charge >= 0.3 is 5.97 Å². The van der Waals surface area contributed by atoms with Crippen LogP contribution in [0, 0.1) is 17.8 Å². The van der Waals surface area contributed by atoms with Crippen LogP contribution in [-0.4, -0.2) is 56.8 Å². The number of aryl methyl sites for hydroxylation is 1. The number of piperidine rings is 1. The number of hydrogen-bond acceptors (Lipinski definition) is 7. The van der Waals surface area contributed by atoms with Gasteiger partial charge in [0, 0.05) is 55.1 Å². The number of aromatic nitrogens is 3. The van der Waals surface area contributed by atoms with E-state index >= 15 is 0 Å². The van der Waals surface area contributed by atoms with Crippen molar-refractivity contribution >= 4 is 40.8 Å². The number of carbonyl (C=O) groups excluding carboxylic acids is 1. The Labute approximate surface area is 256 Å². The molecule has 2 N–H and O–H groups in total. The molecule has 3 heterocycles. The number of carbonyl (C=O) groups is 2. The number of carboxylic acids is 1. The fourth-order valence-electron chi connectivity index (χ4n) is 5.91. The highest BCUT2D eigenvalue weighted by Gasteiger charge is 2.59. The van der Waals surface area contributed by atoms with Gasteiger partial charge in [-0.1, -0.05) is 59.6 Å². The van der Waals surface area contributed by atoms with Crippen molar-refractivity contribution in [3.8, 4) is 28.3 Å². The molecule has 1 amide bonds. The molecule has 0 bridgehead atoms. The largest absolute Gasteiger partial charge is 0.481 e. The minimum Gasteiger partial charge on any atom is -0.481 e. The van der Waals surface area contributed by atoms with Gasteiger partial charge in [0.2, 0.25) is 5.88 Å². The zero-order valence-electron chi connectivity index (χ0n) is 23.3. The molecule has 6 rings (SSSR count). The molecule has 43 heavy (non-hydrogen) atoms. The van der Waals surface area contributed by atoms with Gasteiger partial charge in [0.25, 0.3) is 11.5 Å². The van der Waals surface area contributed by atoms with Crippen molar-refractivity contribution in [2.75, 3.05) is 25.5 Å². The van der Waals surface area contributed by atoms with Crippen LogP contribution in [0.5, 0.6) is 5.88 Å². The lowest BCUT2D eigenvalue weighted by Gasteiger charge is -2.20. The highest BCUT2D eigenvalue weighted by atomic mass is 35.5. The second-order valence-electron chi connectivity index (χ2n) is 10.7. The molecule has 0 spiro atoms. The number of likely N-dealkylation sites (tertiary alicyclic amines) is 1. The number of nitrogens with zero attached hydrogens (tertiary/aromatic N) is 4. The number of nitrogens with one attached hydrogen (secondary N) is 1. The van der Waals surface area contributed by atoms with Gasteiger partial charge in [-0.25, -0.2) is 9.67 Å². The third kappa shape index (κ3) is 5.37. The van der Waals surface area contributed by atoms with Gasteiger partial charge in [-0.15, -0.1) is 0 Å². The molecular formula is C31H27Cl2N5O5. The van der Waals surface area contributed by atoms with Crippen LogP contribution in [0.2, 0.25) is 10.0 Å². The number of hydrogen-bond donors (Lipinski definition) is 2. The lowest BCUT2D eigenvalue weighted by molar-refractivity contribution is -0.139. The number of fused-ring (bicyclic) bond motifs is 1. The molecule has 2 fully saturated rings. The van der Waals surface area contributed by atoms with Crippen LogP contribution in [0.3, 0.4) is 0 Å². The van der Waals surface area contributed by atoms with Gasteiger partial charge in [0.05, 0.1) is 34.5 Å². The van der Waals surface area contributed by atoms with E-state index in [4.69, 9.17) is 32.9 Å². The molecule has 1 aliphatic carbocycles. The van der Waals surface area contributed by atoms with Crippen LogP contribution in [0.15, 0.2) is 65.6 Å². The third-order valence-electron chi connectivity index (χ3n) is 8.14. The first kappa shape index (κ1) is 28.9. The molecule has 10 nitrogen and oxygen atoms in total. The summed E-state index contributed by atoms with van der Waals surface area (Å²) < 4.78 is 6.71. The molecule has 1 unspecified atom stereocenters. The number of anilines is 1. The van der Waals surface area contributed by atoms with Crippen molar-refractivity contribution in [3.63, 3.8) is 0 Å². The summed E-state index contributed by atoms with van der Waals surface area (Å²) in [6, 6.07) is 15.9. The Balaban J connectivity index is 1.25. The molecule has 2 aromatic carbocycles. The highest BCUT2D eigenvalue weighted by Crippen LogP contribution is 2.52. The normalized spacial score (nSPS) is 19.1. The fraction of sp³-hybridized carbons (Fsp3) is 0.258. The van der Waals surface area contributed by atoms with E-state index in [2.05, 4.69) is 15.3 Å². The van der Waals surface area contributed by atoms with Gasteiger partial charge in [0.1, 0.15) is 5.56 Å². The fourth-order valence-corrected chi connectivity index (χ4v) is 6.51. The minimum atomic E-state index is -0.702. The summed E-state index contributed by atoms with van der Waals surface area (Å²) in [7, 11) is 3.03. The third-order valence-corrected chi connectivity index (χ3v) is 8.96. The summed E-state index contributed by atoms with van der Waals surface area (Å²) in [6.07, 6.45) is 1.38. The first-order valence-corrected chi connectivity index (χ1v) is 14.3. The average Bonchev–Trinajstić information content (AvgIpc) is 3.51. The quantitative estimate of drug-likeness (QED) is 0.287. The smallest absolute Gasteiger partial charge is 0.307 e. The predicted octanol–water partition coefficient (Wildman–Crippen LogP) is 4.84. The topological polar surface area (TPSA) is 127 Å². The Morgan fingerprint density at radius 1 is 1.00 bits per heavy atom. The van der Waals surface area contributed by atoms with Gasteiger partial charge in [0.15, 0.2) is 0 Å². The van der Waals surface area contributed by atoms with E-state index in [0.29, 0.717) is 45.5 Å². The summed E-state index contributed by atoms with van der Waals surface area (Å²) in [5.74, 6) is -0.607. The Hall–Kier alpha value is -4.25. The number of methoxy groups -OCH3 is 1. The van der Waals surface area contributed by atoms with E-state index in [1.165, 1.54) is 19.3 Å². The zero-order chi connectivity index (χ0) is 30.4. The van der Waals surface area contributed by atoms with Crippen molar-refractivity contribution in [1.29, 1.82) is 0 Å². The Kier molecular flexibility index (Phi) is 7.68. The highest BCUT2D eigenvalue weighted by molar-refractivity contribution is 6.39. The molecular weight excluding hydrogens is 593 g/mol. The Morgan fingerprint density at radius 3 is 2.37 bits per heavy atom. The molecule has 0 radical (unpaired) electrons. The van der Waals surface area contributed by atoms with Crippen LogP contribution in [0.25, 0.3) is 22.4 Å². The molecule has 12 heteroatoms. The van der Waals surface area contributed by atoms with E-state index in [9.17, 15) is 19.5 Å². The first-order valence-electron chi connectivity index (χ1n) is 13.6. The van der Waals surface area contributed by atoms with Gasteiger partial charge in [-0.3, -0.25) is 19.3 Å². The van der Waals surface area contributed by atoms with E-state index in [-0.39, 0.29) is 28.3 Å². The van der Waals surface area contributed by atoms with Crippen LogP contribution < -0.4 is 15.6 Å². The number of rotatable bonds is 8. The van der Waals surface area contributed by atoms with E-state index in [0.717, 1.165) is 23.3 Å². The second-order valence-corrected chi connectivity index (χ2v) is 11.5. The number of aliphatic carboxylic acids is 1.